The highest BCUT2D eigenvalue weighted by atomic mass is 16.5. The first-order valence-corrected chi connectivity index (χ1v) is 5.58. The van der Waals surface area contributed by atoms with Gasteiger partial charge in [-0.3, -0.25) is 0 Å². The maximum Gasteiger partial charge on any atom is 0.213 e. The molecule has 0 spiro atoms. The largest absolute Gasteiger partial charge is 0.343 e. The Kier molecular flexibility index (Phi) is 2.73. The molecule has 0 saturated heterocycles. The molecule has 7 nitrogen and oxygen atoms in total. The molecule has 3 heterocycles. The Labute approximate surface area is 103 Å². The van der Waals surface area contributed by atoms with Crippen LogP contribution in [0.5, 0.6) is 0 Å². The van der Waals surface area contributed by atoms with Crippen molar-refractivity contribution in [2.45, 2.75) is 20.0 Å². The SMILES string of the molecule is Cc1cc2ncc(CNCc3ncon3)cn2n1. The number of nitrogens with zero attached hydrogens (tertiary/aromatic N) is 5. The minimum atomic E-state index is 0.562. The first-order chi connectivity index (χ1) is 8.81. The van der Waals surface area contributed by atoms with Gasteiger partial charge in [-0.25, -0.2) is 9.50 Å². The van der Waals surface area contributed by atoms with Crippen molar-refractivity contribution < 1.29 is 4.52 Å². The molecule has 0 aliphatic heterocycles. The lowest BCUT2D eigenvalue weighted by atomic mass is 10.3. The molecule has 0 radical (unpaired) electrons. The smallest absolute Gasteiger partial charge is 0.213 e. The second kappa shape index (κ2) is 4.53. The van der Waals surface area contributed by atoms with Crippen LogP contribution in [-0.4, -0.2) is 24.7 Å². The summed E-state index contributed by atoms with van der Waals surface area (Å²) in [6, 6.07) is 1.94. The van der Waals surface area contributed by atoms with Gasteiger partial charge in [0.15, 0.2) is 11.5 Å². The first-order valence-electron chi connectivity index (χ1n) is 5.58. The highest BCUT2D eigenvalue weighted by Gasteiger charge is 2.02. The van der Waals surface area contributed by atoms with Gasteiger partial charge in [0.05, 0.1) is 12.2 Å². The lowest BCUT2D eigenvalue weighted by Gasteiger charge is -2.02. The maximum absolute atomic E-state index is 4.65. The van der Waals surface area contributed by atoms with Crippen LogP contribution >= 0.6 is 0 Å². The fraction of sp³-hybridized carbons (Fsp3) is 0.273. The number of fused-ring (bicyclic) bond motifs is 1. The minimum absolute atomic E-state index is 0.562. The third kappa shape index (κ3) is 2.21. The third-order valence-corrected chi connectivity index (χ3v) is 2.51. The highest BCUT2D eigenvalue weighted by Crippen LogP contribution is 2.04. The number of rotatable bonds is 4. The lowest BCUT2D eigenvalue weighted by Crippen LogP contribution is -2.14. The summed E-state index contributed by atoms with van der Waals surface area (Å²) in [5, 5.41) is 11.2. The van der Waals surface area contributed by atoms with E-state index in [4.69, 9.17) is 0 Å². The van der Waals surface area contributed by atoms with Crippen LogP contribution in [0, 0.1) is 6.92 Å². The van der Waals surface area contributed by atoms with Crippen LogP contribution in [0.25, 0.3) is 5.65 Å². The van der Waals surface area contributed by atoms with E-state index in [1.807, 2.05) is 25.4 Å². The van der Waals surface area contributed by atoms with Crippen molar-refractivity contribution in [3.8, 4) is 0 Å². The summed E-state index contributed by atoms with van der Waals surface area (Å²) >= 11 is 0. The molecule has 18 heavy (non-hydrogen) atoms. The van der Waals surface area contributed by atoms with Crippen LogP contribution in [0.2, 0.25) is 0 Å². The van der Waals surface area contributed by atoms with E-state index in [0.717, 1.165) is 16.9 Å². The monoisotopic (exact) mass is 244 g/mol. The molecule has 0 aliphatic carbocycles. The van der Waals surface area contributed by atoms with Crippen molar-refractivity contribution in [3.63, 3.8) is 0 Å². The topological polar surface area (TPSA) is 81.1 Å². The summed E-state index contributed by atoms with van der Waals surface area (Å²) in [5.41, 5.74) is 2.86. The van der Waals surface area contributed by atoms with Crippen molar-refractivity contribution in [2.24, 2.45) is 0 Å². The molecular formula is C11H12N6O. The summed E-state index contributed by atoms with van der Waals surface area (Å²) in [6.07, 6.45) is 5.11. The average Bonchev–Trinajstić information content (AvgIpc) is 2.96. The molecule has 1 N–H and O–H groups in total. The molecule has 0 aliphatic rings. The van der Waals surface area contributed by atoms with E-state index in [1.165, 1.54) is 6.39 Å². The maximum atomic E-state index is 4.65. The van der Waals surface area contributed by atoms with Crippen molar-refractivity contribution >= 4 is 5.65 Å². The molecule has 0 amide bonds. The van der Waals surface area contributed by atoms with Gasteiger partial charge in [-0.2, -0.15) is 10.1 Å². The Balaban J connectivity index is 1.67. The zero-order valence-electron chi connectivity index (χ0n) is 9.87. The van der Waals surface area contributed by atoms with Crippen molar-refractivity contribution in [2.75, 3.05) is 0 Å². The molecule has 0 bridgehead atoms. The van der Waals surface area contributed by atoms with Gasteiger partial charge in [0.25, 0.3) is 0 Å². The van der Waals surface area contributed by atoms with Crippen molar-refractivity contribution in [1.82, 2.24) is 30.1 Å². The first kappa shape index (κ1) is 10.8. The van der Waals surface area contributed by atoms with Crippen LogP contribution in [-0.2, 0) is 13.1 Å². The predicted molar refractivity (Wildman–Crippen MR) is 62.6 cm³/mol. The van der Waals surface area contributed by atoms with Gasteiger partial charge in [-0.05, 0) is 6.92 Å². The van der Waals surface area contributed by atoms with Crippen LogP contribution in [0.4, 0.5) is 0 Å². The molecule has 0 saturated carbocycles. The second-order valence-electron chi connectivity index (χ2n) is 4.00. The number of hydrogen-bond donors (Lipinski definition) is 1. The van der Waals surface area contributed by atoms with Gasteiger partial charge in [-0.15, -0.1) is 0 Å². The van der Waals surface area contributed by atoms with Gasteiger partial charge in [-0.1, -0.05) is 5.16 Å². The molecule has 0 fully saturated rings. The number of nitrogens with one attached hydrogen (secondary N) is 1. The van der Waals surface area contributed by atoms with Crippen LogP contribution in [0.1, 0.15) is 17.1 Å². The van der Waals surface area contributed by atoms with Crippen molar-refractivity contribution in [1.29, 1.82) is 0 Å². The average molecular weight is 244 g/mol. The fourth-order valence-corrected chi connectivity index (χ4v) is 1.71. The normalized spacial score (nSPS) is 11.2. The number of aromatic nitrogens is 5. The van der Waals surface area contributed by atoms with E-state index >= 15 is 0 Å². The highest BCUT2D eigenvalue weighted by molar-refractivity contribution is 5.38. The minimum Gasteiger partial charge on any atom is -0.343 e. The summed E-state index contributed by atoms with van der Waals surface area (Å²) < 4.78 is 6.43. The Morgan fingerprint density at radius 1 is 1.33 bits per heavy atom. The summed E-state index contributed by atoms with van der Waals surface area (Å²) in [6.45, 7) is 3.19. The van der Waals surface area contributed by atoms with E-state index in [1.54, 1.807) is 4.52 Å². The summed E-state index contributed by atoms with van der Waals surface area (Å²) in [5.74, 6) is 0.638. The molecule has 92 valence electrons. The predicted octanol–water partition coefficient (Wildman–Crippen LogP) is 0.711. The van der Waals surface area contributed by atoms with E-state index in [0.29, 0.717) is 18.9 Å². The van der Waals surface area contributed by atoms with Crippen LogP contribution in [0.15, 0.2) is 29.4 Å². The summed E-state index contributed by atoms with van der Waals surface area (Å²) in [4.78, 5) is 8.26. The Morgan fingerprint density at radius 2 is 2.28 bits per heavy atom. The van der Waals surface area contributed by atoms with Crippen molar-refractivity contribution in [3.05, 3.63) is 41.9 Å². The molecule has 7 heteroatoms. The van der Waals surface area contributed by atoms with Gasteiger partial charge in [0.2, 0.25) is 6.39 Å². The Hall–Kier alpha value is -2.28. The fourth-order valence-electron chi connectivity index (χ4n) is 1.71. The molecule has 0 aromatic carbocycles. The van der Waals surface area contributed by atoms with Crippen LogP contribution in [0.3, 0.4) is 0 Å². The molecule has 3 aromatic rings. The Morgan fingerprint density at radius 3 is 3.11 bits per heavy atom. The second-order valence-corrected chi connectivity index (χ2v) is 4.00. The van der Waals surface area contributed by atoms with Crippen LogP contribution < -0.4 is 5.32 Å². The molecule has 0 unspecified atom stereocenters. The molecule has 0 atom stereocenters. The van der Waals surface area contributed by atoms with E-state index in [2.05, 4.69) is 30.1 Å². The third-order valence-electron chi connectivity index (χ3n) is 2.51. The van der Waals surface area contributed by atoms with E-state index in [-0.39, 0.29) is 0 Å². The quantitative estimate of drug-likeness (QED) is 0.728. The summed E-state index contributed by atoms with van der Waals surface area (Å²) in [7, 11) is 0. The standard InChI is InChI=1S/C11H12N6O/c1-8-2-11-13-4-9(6-17(11)15-8)3-12-5-10-14-7-18-16-10/h2,4,6-7,12H,3,5H2,1H3. The zero-order chi connectivity index (χ0) is 12.4. The number of hydrogen-bond acceptors (Lipinski definition) is 6. The van der Waals surface area contributed by atoms with E-state index in [9.17, 15) is 0 Å². The van der Waals surface area contributed by atoms with E-state index < -0.39 is 0 Å². The van der Waals surface area contributed by atoms with Gasteiger partial charge >= 0.3 is 0 Å². The van der Waals surface area contributed by atoms with Gasteiger partial charge in [0.1, 0.15) is 0 Å². The molecule has 3 rings (SSSR count). The van der Waals surface area contributed by atoms with Gasteiger partial charge in [0, 0.05) is 30.6 Å². The lowest BCUT2D eigenvalue weighted by molar-refractivity contribution is 0.407. The molecular weight excluding hydrogens is 232 g/mol. The molecule has 3 aromatic heterocycles. The number of aryl methyl sites for hydroxylation is 1. The zero-order valence-corrected chi connectivity index (χ0v) is 9.87. The van der Waals surface area contributed by atoms with Gasteiger partial charge < -0.3 is 9.84 Å². The Bertz CT molecular complexity index is 645.